The lowest BCUT2D eigenvalue weighted by Crippen LogP contribution is -2.47. The Kier molecular flexibility index (Phi) is 8.71. The summed E-state index contributed by atoms with van der Waals surface area (Å²) in [5, 5.41) is 2.73. The van der Waals surface area contributed by atoms with E-state index in [1.54, 1.807) is 38.4 Å². The molecule has 0 aliphatic rings. The maximum absolute atomic E-state index is 12.3. The standard InChI is InChI=1S/C21H24N4O4S2/c1-24(20(30)14-9-5-7-11-16(14)28-3)22-18(26)13-19(27)23-25(2)21(31)15-10-6-8-12-17(15)29-4/h5-12H,13H2,1-4H3,(H,22,26)(H,23,27). The van der Waals surface area contributed by atoms with Crippen molar-refractivity contribution in [3.05, 3.63) is 59.7 Å². The van der Waals surface area contributed by atoms with Crippen molar-refractivity contribution >= 4 is 46.2 Å². The highest BCUT2D eigenvalue weighted by Gasteiger charge is 2.18. The number of hydrogen-bond acceptors (Lipinski definition) is 6. The topological polar surface area (TPSA) is 83.1 Å². The van der Waals surface area contributed by atoms with Crippen LogP contribution in [0.25, 0.3) is 0 Å². The normalized spacial score (nSPS) is 9.94. The molecule has 2 aromatic rings. The number of hydrogen-bond donors (Lipinski definition) is 2. The second kappa shape index (κ2) is 11.2. The van der Waals surface area contributed by atoms with E-state index in [0.717, 1.165) is 0 Å². The third kappa shape index (κ3) is 6.37. The molecule has 0 fully saturated rings. The van der Waals surface area contributed by atoms with E-state index in [1.807, 2.05) is 24.3 Å². The third-order valence-electron chi connectivity index (χ3n) is 4.19. The number of thiocarbonyl (C=S) groups is 2. The molecule has 0 saturated heterocycles. The summed E-state index contributed by atoms with van der Waals surface area (Å²) in [5.74, 6) is 0.0957. The Bertz CT molecular complexity index is 906. The zero-order valence-corrected chi connectivity index (χ0v) is 19.3. The smallest absolute Gasteiger partial charge is 0.248 e. The van der Waals surface area contributed by atoms with Gasteiger partial charge < -0.3 is 9.47 Å². The van der Waals surface area contributed by atoms with Gasteiger partial charge in [-0.1, -0.05) is 48.7 Å². The van der Waals surface area contributed by atoms with Crippen LogP contribution < -0.4 is 20.3 Å². The molecule has 10 heteroatoms. The molecule has 0 saturated carbocycles. The Morgan fingerprint density at radius 2 is 1.13 bits per heavy atom. The molecule has 0 heterocycles. The number of methoxy groups -OCH3 is 2. The number of ether oxygens (including phenoxy) is 2. The number of amides is 2. The summed E-state index contributed by atoms with van der Waals surface area (Å²) in [6.07, 6.45) is -0.419. The van der Waals surface area contributed by atoms with Gasteiger partial charge in [-0.15, -0.1) is 0 Å². The molecule has 0 spiro atoms. The molecule has 0 unspecified atom stereocenters. The summed E-state index contributed by atoms with van der Waals surface area (Å²) in [5.41, 5.74) is 6.45. The van der Waals surface area contributed by atoms with E-state index in [1.165, 1.54) is 24.2 Å². The van der Waals surface area contributed by atoms with Crippen LogP contribution in [0.3, 0.4) is 0 Å². The van der Waals surface area contributed by atoms with Gasteiger partial charge >= 0.3 is 0 Å². The van der Waals surface area contributed by atoms with Gasteiger partial charge in [-0.05, 0) is 24.3 Å². The Morgan fingerprint density at radius 3 is 1.48 bits per heavy atom. The van der Waals surface area contributed by atoms with Gasteiger partial charge in [0.2, 0.25) is 11.8 Å². The largest absolute Gasteiger partial charge is 0.496 e. The van der Waals surface area contributed by atoms with E-state index >= 15 is 0 Å². The molecule has 0 aliphatic carbocycles. The van der Waals surface area contributed by atoms with Crippen LogP contribution in [0.4, 0.5) is 0 Å². The molecular formula is C21H24N4O4S2. The Balaban J connectivity index is 1.92. The van der Waals surface area contributed by atoms with Gasteiger partial charge in [-0.2, -0.15) is 0 Å². The molecule has 8 nitrogen and oxygen atoms in total. The Morgan fingerprint density at radius 1 is 0.774 bits per heavy atom. The van der Waals surface area contributed by atoms with E-state index in [2.05, 4.69) is 10.9 Å². The van der Waals surface area contributed by atoms with Crippen molar-refractivity contribution < 1.29 is 19.1 Å². The summed E-state index contributed by atoms with van der Waals surface area (Å²) in [6, 6.07) is 14.4. The number of carbonyl (C=O) groups excluding carboxylic acids is 2. The molecule has 0 atom stereocenters. The van der Waals surface area contributed by atoms with Crippen LogP contribution in [0, 0.1) is 0 Å². The van der Waals surface area contributed by atoms with Crippen LogP contribution in [-0.2, 0) is 9.59 Å². The molecule has 0 radical (unpaired) electrons. The number of benzene rings is 2. The monoisotopic (exact) mass is 460 g/mol. The van der Waals surface area contributed by atoms with E-state index in [4.69, 9.17) is 33.9 Å². The molecule has 2 aromatic carbocycles. The van der Waals surface area contributed by atoms with Crippen LogP contribution in [0.15, 0.2) is 48.5 Å². The highest BCUT2D eigenvalue weighted by atomic mass is 32.1. The third-order valence-corrected chi connectivity index (χ3v) is 5.18. The maximum Gasteiger partial charge on any atom is 0.248 e. The maximum atomic E-state index is 12.3. The first-order chi connectivity index (χ1) is 14.8. The van der Waals surface area contributed by atoms with E-state index in [-0.39, 0.29) is 0 Å². The average molecular weight is 461 g/mol. The first-order valence-electron chi connectivity index (χ1n) is 9.19. The number of rotatable bonds is 6. The van der Waals surface area contributed by atoms with Gasteiger partial charge in [0.05, 0.1) is 25.3 Å². The number of para-hydroxylation sites is 2. The number of nitrogens with zero attached hydrogens (tertiary/aromatic N) is 2. The molecule has 0 bridgehead atoms. The molecule has 31 heavy (non-hydrogen) atoms. The van der Waals surface area contributed by atoms with Gasteiger partial charge in [0.25, 0.3) is 0 Å². The minimum Gasteiger partial charge on any atom is -0.496 e. The quantitative estimate of drug-likeness (QED) is 0.385. The Hall–Kier alpha value is -3.24. The van der Waals surface area contributed by atoms with Crippen molar-refractivity contribution in [2.75, 3.05) is 28.3 Å². The fourth-order valence-corrected chi connectivity index (χ4v) is 3.13. The van der Waals surface area contributed by atoms with Gasteiger partial charge in [-0.3, -0.25) is 30.5 Å². The zero-order chi connectivity index (χ0) is 23.0. The molecule has 2 amide bonds. The van der Waals surface area contributed by atoms with Gasteiger partial charge in [0.15, 0.2) is 0 Å². The van der Waals surface area contributed by atoms with Crippen LogP contribution in [0.1, 0.15) is 17.5 Å². The molecule has 164 valence electrons. The minimum atomic E-state index is -0.533. The molecule has 2 rings (SSSR count). The lowest BCUT2D eigenvalue weighted by molar-refractivity contribution is -0.132. The summed E-state index contributed by atoms with van der Waals surface area (Å²) in [7, 11) is 6.26. The van der Waals surface area contributed by atoms with Gasteiger partial charge in [0.1, 0.15) is 27.9 Å². The highest BCUT2D eigenvalue weighted by molar-refractivity contribution is 7.81. The first-order valence-corrected chi connectivity index (χ1v) is 10.0. The predicted molar refractivity (Wildman–Crippen MR) is 126 cm³/mol. The molecule has 0 aromatic heterocycles. The van der Waals surface area contributed by atoms with E-state index < -0.39 is 18.2 Å². The van der Waals surface area contributed by atoms with Crippen molar-refractivity contribution in [2.45, 2.75) is 6.42 Å². The lowest BCUT2D eigenvalue weighted by atomic mass is 10.2. The van der Waals surface area contributed by atoms with Crippen molar-refractivity contribution in [2.24, 2.45) is 0 Å². The first kappa shape index (κ1) is 24.0. The summed E-state index contributed by atoms with van der Waals surface area (Å²) >= 11 is 10.8. The zero-order valence-electron chi connectivity index (χ0n) is 17.7. The second-order valence-corrected chi connectivity index (χ2v) is 7.15. The fraction of sp³-hybridized carbons (Fsp3) is 0.238. The van der Waals surface area contributed by atoms with E-state index in [0.29, 0.717) is 32.6 Å². The van der Waals surface area contributed by atoms with Crippen molar-refractivity contribution in [3.8, 4) is 11.5 Å². The number of carbonyl (C=O) groups is 2. The van der Waals surface area contributed by atoms with Crippen LogP contribution in [0.2, 0.25) is 0 Å². The van der Waals surface area contributed by atoms with E-state index in [9.17, 15) is 9.59 Å². The average Bonchev–Trinajstić information content (AvgIpc) is 2.77. The number of hydrazine groups is 2. The minimum absolute atomic E-state index is 0.348. The lowest BCUT2D eigenvalue weighted by Gasteiger charge is -2.24. The molecule has 0 aliphatic heterocycles. The number of nitrogens with one attached hydrogen (secondary N) is 2. The second-order valence-electron chi connectivity index (χ2n) is 6.38. The van der Waals surface area contributed by atoms with Crippen LogP contribution in [0.5, 0.6) is 11.5 Å². The van der Waals surface area contributed by atoms with Crippen molar-refractivity contribution in [3.63, 3.8) is 0 Å². The summed E-state index contributed by atoms with van der Waals surface area (Å²) in [4.78, 5) is 25.3. The SMILES string of the molecule is COc1ccccc1C(=S)N(C)NC(=O)CC(=O)NN(C)C(=S)c1ccccc1OC. The molecule has 2 N–H and O–H groups in total. The summed E-state index contributed by atoms with van der Waals surface area (Å²) in [6.45, 7) is 0. The fourth-order valence-electron chi connectivity index (χ4n) is 2.70. The Labute approximate surface area is 192 Å². The molecular weight excluding hydrogens is 436 g/mol. The predicted octanol–water partition coefficient (Wildman–Crippen LogP) is 2.07. The van der Waals surface area contributed by atoms with Crippen LogP contribution in [-0.4, -0.2) is 60.1 Å². The van der Waals surface area contributed by atoms with Crippen molar-refractivity contribution in [1.82, 2.24) is 20.9 Å². The van der Waals surface area contributed by atoms with Crippen molar-refractivity contribution in [1.29, 1.82) is 0 Å². The van der Waals surface area contributed by atoms with Gasteiger partial charge in [-0.25, -0.2) is 0 Å². The van der Waals surface area contributed by atoms with Gasteiger partial charge in [0, 0.05) is 14.1 Å². The highest BCUT2D eigenvalue weighted by Crippen LogP contribution is 2.20. The summed E-state index contributed by atoms with van der Waals surface area (Å²) < 4.78 is 10.6. The van der Waals surface area contributed by atoms with Crippen LogP contribution >= 0.6 is 24.4 Å².